The molecule has 100 valence electrons. The molecule has 0 aliphatic carbocycles. The summed E-state index contributed by atoms with van der Waals surface area (Å²) in [4.78, 5) is 8.04. The lowest BCUT2D eigenvalue weighted by atomic mass is 10.6. The number of rotatable bonds is 4. The molecule has 0 aliphatic rings. The molecule has 0 bridgehead atoms. The molecule has 0 N–H and O–H groups in total. The molecular weight excluding hydrogens is 276 g/mol. The van der Waals surface area contributed by atoms with Crippen LogP contribution >= 0.6 is 0 Å². The van der Waals surface area contributed by atoms with Gasteiger partial charge in [0.25, 0.3) is 5.95 Å². The van der Waals surface area contributed by atoms with E-state index in [-0.39, 0.29) is 23.7 Å². The van der Waals surface area contributed by atoms with Gasteiger partial charge in [-0.2, -0.15) is 18.4 Å². The van der Waals surface area contributed by atoms with Crippen LogP contribution in [0.15, 0.2) is 16.8 Å². The fraction of sp³-hybridized carbons (Fsp3) is 0.250. The molecular formula is C8H8N6O4S. The van der Waals surface area contributed by atoms with Gasteiger partial charge in [-0.1, -0.05) is 4.36 Å². The summed E-state index contributed by atoms with van der Waals surface area (Å²) in [7, 11) is 0.193. The van der Waals surface area contributed by atoms with Crippen molar-refractivity contribution in [2.45, 2.75) is 0 Å². The van der Waals surface area contributed by atoms with Crippen LogP contribution in [-0.4, -0.2) is 47.4 Å². The van der Waals surface area contributed by atoms with Gasteiger partial charge in [0.15, 0.2) is 0 Å². The van der Waals surface area contributed by atoms with E-state index in [0.717, 1.165) is 0 Å². The van der Waals surface area contributed by atoms with Crippen molar-refractivity contribution in [3.05, 3.63) is 12.4 Å². The molecule has 2 aromatic rings. The van der Waals surface area contributed by atoms with Crippen LogP contribution in [0.5, 0.6) is 11.8 Å². The maximum Gasteiger partial charge on any atom is 0.319 e. The van der Waals surface area contributed by atoms with Crippen molar-refractivity contribution in [2.24, 2.45) is 4.36 Å². The lowest BCUT2D eigenvalue weighted by Gasteiger charge is -2.06. The Morgan fingerprint density at radius 3 is 2.37 bits per heavy atom. The average Bonchev–Trinajstić information content (AvgIpc) is 2.85. The van der Waals surface area contributed by atoms with E-state index in [9.17, 15) is 8.42 Å². The highest BCUT2D eigenvalue weighted by molar-refractivity contribution is 7.61. The third-order valence-corrected chi connectivity index (χ3v) is 2.30. The second kappa shape index (κ2) is 5.39. The van der Waals surface area contributed by atoms with Gasteiger partial charge in [-0.25, -0.2) is 4.57 Å². The monoisotopic (exact) mass is 284 g/mol. The largest absolute Gasteiger partial charge is 0.481 e. The summed E-state index contributed by atoms with van der Waals surface area (Å²) in [5.74, 6) is 0.378. The SMILES string of the molecule is COc1cc(OC)nc(-n2cnnc2N=S(=O)=O)n1. The summed E-state index contributed by atoms with van der Waals surface area (Å²) in [6, 6.07) is 1.47. The van der Waals surface area contributed by atoms with Crippen molar-refractivity contribution in [2.75, 3.05) is 14.2 Å². The van der Waals surface area contributed by atoms with Crippen molar-refractivity contribution < 1.29 is 17.9 Å². The van der Waals surface area contributed by atoms with Gasteiger partial charge in [-0.3, -0.25) is 0 Å². The zero-order chi connectivity index (χ0) is 13.8. The van der Waals surface area contributed by atoms with Gasteiger partial charge in [-0.05, 0) is 0 Å². The van der Waals surface area contributed by atoms with E-state index in [0.29, 0.717) is 0 Å². The van der Waals surface area contributed by atoms with Gasteiger partial charge in [0.2, 0.25) is 17.7 Å². The van der Waals surface area contributed by atoms with Gasteiger partial charge in [0, 0.05) is 0 Å². The summed E-state index contributed by atoms with van der Waals surface area (Å²) >= 11 is 0. The van der Waals surface area contributed by atoms with Crippen LogP contribution in [0.3, 0.4) is 0 Å². The maximum absolute atomic E-state index is 10.6. The lowest BCUT2D eigenvalue weighted by molar-refractivity contribution is 0.370. The molecule has 19 heavy (non-hydrogen) atoms. The maximum atomic E-state index is 10.6. The first-order valence-electron chi connectivity index (χ1n) is 4.82. The van der Waals surface area contributed by atoms with Gasteiger partial charge in [0.1, 0.15) is 6.33 Å². The first-order chi connectivity index (χ1) is 9.13. The first-order valence-corrected chi connectivity index (χ1v) is 5.86. The molecule has 0 aliphatic heterocycles. The second-order valence-corrected chi connectivity index (χ2v) is 3.68. The predicted molar refractivity (Wildman–Crippen MR) is 61.1 cm³/mol. The Balaban J connectivity index is 2.58. The topological polar surface area (TPSA) is 121 Å². The van der Waals surface area contributed by atoms with E-state index in [4.69, 9.17) is 9.47 Å². The Hall–Kier alpha value is -2.56. The standard InChI is InChI=1S/C8H8N6O4S/c1-17-5-3-6(18-2)11-7(10-5)14-4-9-12-8(14)13-19(15)16/h3-4H,1-2H3. The minimum atomic E-state index is -2.66. The summed E-state index contributed by atoms with van der Waals surface area (Å²) in [5, 5.41) is 7.08. The van der Waals surface area contributed by atoms with E-state index >= 15 is 0 Å². The number of ether oxygens (including phenoxy) is 2. The highest BCUT2D eigenvalue weighted by Gasteiger charge is 2.12. The molecule has 2 heterocycles. The number of nitrogens with zero attached hydrogens (tertiary/aromatic N) is 6. The molecule has 0 spiro atoms. The summed E-state index contributed by atoms with van der Waals surface area (Å²) in [5.41, 5.74) is 0. The third kappa shape index (κ3) is 2.82. The Labute approximate surface area is 108 Å². The lowest BCUT2D eigenvalue weighted by Crippen LogP contribution is -2.03. The van der Waals surface area contributed by atoms with Crippen LogP contribution in [-0.2, 0) is 10.5 Å². The molecule has 0 unspecified atom stereocenters. The number of methoxy groups -OCH3 is 2. The molecule has 11 heteroatoms. The van der Waals surface area contributed by atoms with Crippen molar-refractivity contribution >= 4 is 16.4 Å². The number of aromatic nitrogens is 5. The second-order valence-electron chi connectivity index (χ2n) is 3.06. The molecule has 2 aromatic heterocycles. The van der Waals surface area contributed by atoms with Crippen molar-refractivity contribution in [1.82, 2.24) is 24.7 Å². The van der Waals surface area contributed by atoms with E-state index in [1.807, 2.05) is 0 Å². The smallest absolute Gasteiger partial charge is 0.319 e. The third-order valence-electron chi connectivity index (χ3n) is 1.99. The van der Waals surface area contributed by atoms with Gasteiger partial charge in [0.05, 0.1) is 20.3 Å². The first kappa shape index (κ1) is 12.9. The fourth-order valence-corrected chi connectivity index (χ4v) is 1.47. The van der Waals surface area contributed by atoms with Crippen molar-refractivity contribution in [1.29, 1.82) is 0 Å². The van der Waals surface area contributed by atoms with Crippen molar-refractivity contribution in [3.8, 4) is 17.7 Å². The Bertz CT molecular complexity index is 694. The van der Waals surface area contributed by atoms with Gasteiger partial charge in [-0.15, -0.1) is 10.2 Å². The average molecular weight is 284 g/mol. The van der Waals surface area contributed by atoms with E-state index < -0.39 is 10.5 Å². The molecule has 0 atom stereocenters. The molecule has 0 amide bonds. The van der Waals surface area contributed by atoms with Crippen LogP contribution in [0.2, 0.25) is 0 Å². The van der Waals surface area contributed by atoms with E-state index in [2.05, 4.69) is 24.5 Å². The Kier molecular flexibility index (Phi) is 3.66. The fourth-order valence-electron chi connectivity index (χ4n) is 1.21. The summed E-state index contributed by atoms with van der Waals surface area (Å²) < 4.78 is 35.5. The molecule has 2 rings (SSSR count). The molecule has 0 aromatic carbocycles. The highest BCUT2D eigenvalue weighted by atomic mass is 32.2. The minimum Gasteiger partial charge on any atom is -0.481 e. The molecule has 10 nitrogen and oxygen atoms in total. The van der Waals surface area contributed by atoms with Gasteiger partial charge >= 0.3 is 10.5 Å². The molecule has 0 saturated carbocycles. The molecule has 0 saturated heterocycles. The molecule has 0 fully saturated rings. The van der Waals surface area contributed by atoms with Crippen LogP contribution in [0, 0.1) is 0 Å². The van der Waals surface area contributed by atoms with Crippen LogP contribution in [0.1, 0.15) is 0 Å². The summed E-state index contributed by atoms with van der Waals surface area (Å²) in [6.45, 7) is 0. The number of hydrogen-bond acceptors (Lipinski definition) is 9. The Morgan fingerprint density at radius 1 is 1.21 bits per heavy atom. The Morgan fingerprint density at radius 2 is 1.84 bits per heavy atom. The minimum absolute atomic E-state index is 0.0744. The zero-order valence-corrected chi connectivity index (χ0v) is 10.7. The zero-order valence-electron chi connectivity index (χ0n) is 9.88. The van der Waals surface area contributed by atoms with Crippen molar-refractivity contribution in [3.63, 3.8) is 0 Å². The predicted octanol–water partition coefficient (Wildman–Crippen LogP) is -0.231. The van der Waals surface area contributed by atoms with E-state index in [1.165, 1.54) is 31.2 Å². The summed E-state index contributed by atoms with van der Waals surface area (Å²) in [6.07, 6.45) is 1.22. The quantitative estimate of drug-likeness (QED) is 0.754. The highest BCUT2D eigenvalue weighted by Crippen LogP contribution is 2.19. The molecule has 0 radical (unpaired) electrons. The van der Waals surface area contributed by atoms with Crippen LogP contribution < -0.4 is 9.47 Å². The van der Waals surface area contributed by atoms with E-state index in [1.54, 1.807) is 0 Å². The number of hydrogen-bond donors (Lipinski definition) is 0. The normalized spacial score (nSPS) is 10.0. The van der Waals surface area contributed by atoms with Gasteiger partial charge < -0.3 is 9.47 Å². The van der Waals surface area contributed by atoms with Crippen LogP contribution in [0.4, 0.5) is 5.95 Å². The van der Waals surface area contributed by atoms with Crippen LogP contribution in [0.25, 0.3) is 5.95 Å².